The molecule has 28 heavy (non-hydrogen) atoms. The van der Waals surface area contributed by atoms with E-state index in [1.807, 2.05) is 13.8 Å². The van der Waals surface area contributed by atoms with Crippen molar-refractivity contribution < 1.29 is 23.9 Å². The molecule has 0 saturated carbocycles. The predicted octanol–water partition coefficient (Wildman–Crippen LogP) is 1.22. The lowest BCUT2D eigenvalue weighted by molar-refractivity contribution is -0.145. The standard InChI is InChI=1S/C19H23N3O5S/c1-11(2)9-13(18(26)27-3)20-14(23)10-28-19-21-16(24)15(17(25)22-19)12-7-5-4-6-8-12/h4-8,11,13,15H,9-10H2,1-3H3,(H,20,23)(H,21,22,24,25)/t13-/m0/s1. The van der Waals surface area contributed by atoms with Gasteiger partial charge in [-0.15, -0.1) is 0 Å². The topological polar surface area (TPSA) is 114 Å². The van der Waals surface area contributed by atoms with Crippen molar-refractivity contribution in [3.8, 4) is 0 Å². The summed E-state index contributed by atoms with van der Waals surface area (Å²) in [6.45, 7) is 3.86. The van der Waals surface area contributed by atoms with E-state index in [0.29, 0.717) is 12.0 Å². The van der Waals surface area contributed by atoms with Gasteiger partial charge in [-0.05, 0) is 17.9 Å². The van der Waals surface area contributed by atoms with Crippen molar-refractivity contribution in [3.05, 3.63) is 35.9 Å². The first-order valence-corrected chi connectivity index (χ1v) is 9.78. The van der Waals surface area contributed by atoms with Crippen LogP contribution in [0.2, 0.25) is 0 Å². The van der Waals surface area contributed by atoms with Crippen molar-refractivity contribution in [1.82, 2.24) is 10.6 Å². The van der Waals surface area contributed by atoms with Crippen molar-refractivity contribution in [2.24, 2.45) is 10.9 Å². The van der Waals surface area contributed by atoms with E-state index in [9.17, 15) is 19.2 Å². The Morgan fingerprint density at radius 3 is 2.50 bits per heavy atom. The van der Waals surface area contributed by atoms with Crippen LogP contribution in [0.4, 0.5) is 0 Å². The molecule has 1 aliphatic rings. The summed E-state index contributed by atoms with van der Waals surface area (Å²) in [5.74, 6) is -2.91. The van der Waals surface area contributed by atoms with E-state index in [1.54, 1.807) is 30.3 Å². The Morgan fingerprint density at radius 1 is 1.25 bits per heavy atom. The summed E-state index contributed by atoms with van der Waals surface area (Å²) in [5.41, 5.74) is 0.560. The molecule has 0 saturated heterocycles. The summed E-state index contributed by atoms with van der Waals surface area (Å²) in [4.78, 5) is 52.4. The number of ether oxygens (including phenoxy) is 1. The Morgan fingerprint density at radius 2 is 1.93 bits per heavy atom. The van der Waals surface area contributed by atoms with Gasteiger partial charge in [0.2, 0.25) is 11.8 Å². The number of nitrogens with zero attached hydrogens (tertiary/aromatic N) is 1. The Kier molecular flexibility index (Phi) is 7.74. The zero-order valence-electron chi connectivity index (χ0n) is 15.9. The summed E-state index contributed by atoms with van der Waals surface area (Å²) >= 11 is 0.923. The molecule has 2 N–H and O–H groups in total. The lowest BCUT2D eigenvalue weighted by Crippen LogP contribution is -2.44. The smallest absolute Gasteiger partial charge is 0.328 e. The number of amidine groups is 1. The second-order valence-corrected chi connectivity index (χ2v) is 7.61. The van der Waals surface area contributed by atoms with Gasteiger partial charge in [-0.2, -0.15) is 4.99 Å². The molecule has 1 heterocycles. The van der Waals surface area contributed by atoms with Crippen molar-refractivity contribution in [1.29, 1.82) is 0 Å². The molecule has 1 aromatic rings. The van der Waals surface area contributed by atoms with Crippen LogP contribution in [-0.4, -0.2) is 47.8 Å². The largest absolute Gasteiger partial charge is 0.467 e. The minimum absolute atomic E-state index is 0.0656. The number of benzene rings is 1. The van der Waals surface area contributed by atoms with E-state index in [1.165, 1.54) is 7.11 Å². The first kappa shape index (κ1) is 21.6. The van der Waals surface area contributed by atoms with Crippen LogP contribution in [0, 0.1) is 5.92 Å². The zero-order valence-corrected chi connectivity index (χ0v) is 16.7. The third-order valence-electron chi connectivity index (χ3n) is 3.95. The third-order valence-corrected chi connectivity index (χ3v) is 4.83. The van der Waals surface area contributed by atoms with Crippen LogP contribution in [0.1, 0.15) is 31.7 Å². The van der Waals surface area contributed by atoms with E-state index >= 15 is 0 Å². The summed E-state index contributed by atoms with van der Waals surface area (Å²) in [6.07, 6.45) is 0.442. The van der Waals surface area contributed by atoms with Crippen molar-refractivity contribution >= 4 is 40.6 Å². The maximum Gasteiger partial charge on any atom is 0.328 e. The van der Waals surface area contributed by atoms with E-state index in [2.05, 4.69) is 15.6 Å². The van der Waals surface area contributed by atoms with Gasteiger partial charge in [0.1, 0.15) is 12.0 Å². The van der Waals surface area contributed by atoms with Gasteiger partial charge in [0.05, 0.1) is 12.9 Å². The van der Waals surface area contributed by atoms with Crippen LogP contribution in [0.5, 0.6) is 0 Å². The second-order valence-electron chi connectivity index (χ2n) is 6.65. The van der Waals surface area contributed by atoms with Crippen LogP contribution in [0.25, 0.3) is 0 Å². The number of amides is 3. The molecule has 0 unspecified atom stereocenters. The SMILES string of the molecule is COC(=O)[C@H](CC(C)C)NC(=O)CSC1=NC(=O)[C@H](c2ccccc2)C(=O)N1. The average Bonchev–Trinajstić information content (AvgIpc) is 2.65. The van der Waals surface area contributed by atoms with Crippen molar-refractivity contribution in [3.63, 3.8) is 0 Å². The minimum atomic E-state index is -0.992. The lowest BCUT2D eigenvalue weighted by Gasteiger charge is -2.20. The van der Waals surface area contributed by atoms with E-state index in [0.717, 1.165) is 11.8 Å². The fraction of sp³-hybridized carbons (Fsp3) is 0.421. The first-order chi connectivity index (χ1) is 13.3. The Labute approximate surface area is 167 Å². The molecule has 0 bridgehead atoms. The molecule has 3 amide bonds. The molecule has 0 aromatic heterocycles. The Balaban J connectivity index is 1.95. The summed E-state index contributed by atoms with van der Waals surface area (Å²) in [7, 11) is 1.26. The van der Waals surface area contributed by atoms with Crippen molar-refractivity contribution in [2.45, 2.75) is 32.2 Å². The summed E-state index contributed by atoms with van der Waals surface area (Å²) < 4.78 is 4.70. The highest BCUT2D eigenvalue weighted by atomic mass is 32.2. The number of carbonyl (C=O) groups excluding carboxylic acids is 4. The number of hydrogen-bond donors (Lipinski definition) is 2. The van der Waals surface area contributed by atoms with Gasteiger partial charge < -0.3 is 15.4 Å². The second kappa shape index (κ2) is 10.0. The maximum absolute atomic E-state index is 12.3. The predicted molar refractivity (Wildman–Crippen MR) is 106 cm³/mol. The van der Waals surface area contributed by atoms with E-state index in [-0.39, 0.29) is 16.8 Å². The van der Waals surface area contributed by atoms with Gasteiger partial charge in [-0.3, -0.25) is 14.4 Å². The highest BCUT2D eigenvalue weighted by molar-refractivity contribution is 8.14. The number of hydrogen-bond acceptors (Lipinski definition) is 6. The number of esters is 1. The van der Waals surface area contributed by atoms with Gasteiger partial charge in [-0.1, -0.05) is 55.9 Å². The van der Waals surface area contributed by atoms with Gasteiger partial charge >= 0.3 is 5.97 Å². The molecule has 0 radical (unpaired) electrons. The van der Waals surface area contributed by atoms with E-state index < -0.39 is 35.7 Å². The van der Waals surface area contributed by atoms with Crippen LogP contribution in [0.3, 0.4) is 0 Å². The number of aliphatic imine (C=N–C) groups is 1. The van der Waals surface area contributed by atoms with Gasteiger partial charge in [0.15, 0.2) is 5.17 Å². The minimum Gasteiger partial charge on any atom is -0.467 e. The molecule has 9 heteroatoms. The monoisotopic (exact) mass is 405 g/mol. The van der Waals surface area contributed by atoms with Crippen LogP contribution in [-0.2, 0) is 23.9 Å². The number of carbonyl (C=O) groups is 4. The summed E-state index contributed by atoms with van der Waals surface area (Å²) in [5, 5.41) is 5.23. The average molecular weight is 405 g/mol. The Bertz CT molecular complexity index is 779. The van der Waals surface area contributed by atoms with Crippen molar-refractivity contribution in [2.75, 3.05) is 12.9 Å². The quantitative estimate of drug-likeness (QED) is 0.521. The van der Waals surface area contributed by atoms with Crippen LogP contribution in [0.15, 0.2) is 35.3 Å². The molecule has 8 nitrogen and oxygen atoms in total. The fourth-order valence-electron chi connectivity index (χ4n) is 2.69. The van der Waals surface area contributed by atoms with Crippen LogP contribution < -0.4 is 10.6 Å². The molecule has 0 fully saturated rings. The highest BCUT2D eigenvalue weighted by Crippen LogP contribution is 2.22. The van der Waals surface area contributed by atoms with E-state index in [4.69, 9.17) is 4.74 Å². The molecule has 2 atom stereocenters. The van der Waals surface area contributed by atoms with Gasteiger partial charge in [0.25, 0.3) is 5.91 Å². The van der Waals surface area contributed by atoms with Gasteiger partial charge in [-0.25, -0.2) is 4.79 Å². The molecule has 0 spiro atoms. The Hall–Kier alpha value is -2.68. The number of thioether (sulfide) groups is 1. The molecular weight excluding hydrogens is 382 g/mol. The molecule has 1 aromatic carbocycles. The zero-order chi connectivity index (χ0) is 20.7. The molecule has 150 valence electrons. The first-order valence-electron chi connectivity index (χ1n) is 8.80. The number of methoxy groups -OCH3 is 1. The third kappa shape index (κ3) is 5.91. The van der Waals surface area contributed by atoms with Crippen LogP contribution >= 0.6 is 11.8 Å². The normalized spacial score (nSPS) is 17.6. The highest BCUT2D eigenvalue weighted by Gasteiger charge is 2.33. The molecule has 2 rings (SSSR count). The molecular formula is C19H23N3O5S. The summed E-state index contributed by atoms with van der Waals surface area (Å²) in [6, 6.07) is 7.89. The molecule has 0 aliphatic carbocycles. The number of nitrogens with one attached hydrogen (secondary N) is 2. The fourth-order valence-corrected chi connectivity index (χ4v) is 3.37. The maximum atomic E-state index is 12.3. The molecule has 1 aliphatic heterocycles. The lowest BCUT2D eigenvalue weighted by atomic mass is 9.97. The number of rotatable bonds is 7. The van der Waals surface area contributed by atoms with Gasteiger partial charge in [0, 0.05) is 0 Å².